The summed E-state index contributed by atoms with van der Waals surface area (Å²) in [5, 5.41) is 4.24. The Balaban J connectivity index is 1.80. The first-order chi connectivity index (χ1) is 13.2. The number of hydrogen-bond donors (Lipinski definition) is 1. The summed E-state index contributed by atoms with van der Waals surface area (Å²) in [7, 11) is 1.64. The van der Waals surface area contributed by atoms with E-state index in [4.69, 9.17) is 4.74 Å². The number of carbonyl (C=O) groups excluding carboxylic acids is 1. The topological polar surface area (TPSA) is 67.3 Å². The van der Waals surface area contributed by atoms with Gasteiger partial charge in [-0.3, -0.25) is 4.79 Å². The average Bonchev–Trinajstić information content (AvgIpc) is 3.23. The van der Waals surface area contributed by atoms with Gasteiger partial charge in [-0.15, -0.1) is 0 Å². The van der Waals surface area contributed by atoms with Crippen LogP contribution in [0, 0.1) is 6.92 Å². The second-order valence-corrected chi connectivity index (χ2v) is 6.72. The molecule has 0 atom stereocenters. The Hall–Kier alpha value is -3.15. The number of ether oxygens (including phenoxy) is 1. The van der Waals surface area contributed by atoms with E-state index in [2.05, 4.69) is 15.3 Å². The normalized spacial score (nSPS) is 13.8. The van der Waals surface area contributed by atoms with Crippen LogP contribution in [0.4, 0.5) is 11.4 Å². The average molecular weight is 362 g/mol. The van der Waals surface area contributed by atoms with Crippen molar-refractivity contribution < 1.29 is 9.53 Å². The smallest absolute Gasteiger partial charge is 0.257 e. The molecule has 3 heterocycles. The van der Waals surface area contributed by atoms with Crippen LogP contribution >= 0.6 is 0 Å². The first-order valence-electron chi connectivity index (χ1n) is 9.12. The van der Waals surface area contributed by atoms with Crippen LogP contribution in [0.15, 0.2) is 42.6 Å². The number of pyridine rings is 2. The van der Waals surface area contributed by atoms with Gasteiger partial charge in [-0.1, -0.05) is 0 Å². The summed E-state index contributed by atoms with van der Waals surface area (Å²) >= 11 is 0. The Labute approximate surface area is 158 Å². The van der Waals surface area contributed by atoms with E-state index in [0.717, 1.165) is 54.1 Å². The van der Waals surface area contributed by atoms with Crippen LogP contribution in [0.3, 0.4) is 0 Å². The minimum Gasteiger partial charge on any atom is -0.497 e. The summed E-state index contributed by atoms with van der Waals surface area (Å²) in [6.07, 6.45) is 3.74. The van der Waals surface area contributed by atoms with Gasteiger partial charge in [0.2, 0.25) is 0 Å². The van der Waals surface area contributed by atoms with Gasteiger partial charge in [0.15, 0.2) is 5.65 Å². The lowest BCUT2D eigenvalue weighted by atomic mass is 10.1. The minimum absolute atomic E-state index is 0.0125. The molecule has 0 bridgehead atoms. The van der Waals surface area contributed by atoms with Crippen LogP contribution in [0.5, 0.6) is 5.75 Å². The lowest BCUT2D eigenvalue weighted by Crippen LogP contribution is -2.28. The molecule has 3 aromatic rings. The summed E-state index contributed by atoms with van der Waals surface area (Å²) in [5.74, 6) is 0.796. The third-order valence-corrected chi connectivity index (χ3v) is 4.85. The molecule has 1 saturated heterocycles. The van der Waals surface area contributed by atoms with Gasteiger partial charge in [0.25, 0.3) is 5.91 Å². The highest BCUT2D eigenvalue weighted by Crippen LogP contribution is 2.31. The molecule has 0 radical (unpaired) electrons. The number of anilines is 2. The highest BCUT2D eigenvalue weighted by Gasteiger charge is 2.24. The van der Waals surface area contributed by atoms with Crippen molar-refractivity contribution in [3.8, 4) is 5.75 Å². The number of fused-ring (bicyclic) bond motifs is 1. The molecule has 1 aliphatic rings. The van der Waals surface area contributed by atoms with Crippen molar-refractivity contribution in [1.82, 2.24) is 14.9 Å². The second kappa shape index (κ2) is 7.23. The number of carbonyl (C=O) groups is 1. The second-order valence-electron chi connectivity index (χ2n) is 6.72. The molecular weight excluding hydrogens is 340 g/mol. The van der Waals surface area contributed by atoms with Gasteiger partial charge in [0, 0.05) is 36.1 Å². The third-order valence-electron chi connectivity index (χ3n) is 4.85. The zero-order valence-electron chi connectivity index (χ0n) is 15.5. The van der Waals surface area contributed by atoms with Gasteiger partial charge in [0.1, 0.15) is 5.75 Å². The predicted octanol–water partition coefficient (Wildman–Crippen LogP) is 3.93. The van der Waals surface area contributed by atoms with E-state index in [1.54, 1.807) is 13.3 Å². The molecule has 6 nitrogen and oxygen atoms in total. The molecule has 6 heteroatoms. The molecule has 138 valence electrons. The summed E-state index contributed by atoms with van der Waals surface area (Å²) < 4.78 is 5.22. The van der Waals surface area contributed by atoms with Gasteiger partial charge in [-0.2, -0.15) is 0 Å². The Morgan fingerprint density at radius 1 is 1.11 bits per heavy atom. The predicted molar refractivity (Wildman–Crippen MR) is 106 cm³/mol. The summed E-state index contributed by atoms with van der Waals surface area (Å²) in [6.45, 7) is 3.52. The van der Waals surface area contributed by atoms with Gasteiger partial charge in [-0.05, 0) is 56.2 Å². The molecule has 0 aliphatic carbocycles. The molecular formula is C21H22N4O2. The molecule has 1 amide bonds. The monoisotopic (exact) mass is 362 g/mol. The molecule has 27 heavy (non-hydrogen) atoms. The maximum atomic E-state index is 13.1. The Bertz CT molecular complexity index is 979. The maximum Gasteiger partial charge on any atom is 0.257 e. The van der Waals surface area contributed by atoms with Crippen LogP contribution in [0.2, 0.25) is 0 Å². The third kappa shape index (κ3) is 3.43. The van der Waals surface area contributed by atoms with E-state index in [0.29, 0.717) is 11.2 Å². The summed E-state index contributed by atoms with van der Waals surface area (Å²) in [4.78, 5) is 23.9. The van der Waals surface area contributed by atoms with Crippen molar-refractivity contribution in [2.75, 3.05) is 25.5 Å². The molecule has 0 spiro atoms. The Morgan fingerprint density at radius 3 is 2.56 bits per heavy atom. The van der Waals surface area contributed by atoms with Crippen molar-refractivity contribution in [3.05, 3.63) is 53.9 Å². The number of aryl methyl sites for hydroxylation is 1. The lowest BCUT2D eigenvalue weighted by Gasteiger charge is -2.19. The van der Waals surface area contributed by atoms with Crippen molar-refractivity contribution in [3.63, 3.8) is 0 Å². The van der Waals surface area contributed by atoms with E-state index in [9.17, 15) is 4.79 Å². The van der Waals surface area contributed by atoms with Gasteiger partial charge >= 0.3 is 0 Å². The quantitative estimate of drug-likeness (QED) is 0.762. The number of nitrogens with one attached hydrogen (secondary N) is 1. The molecule has 1 fully saturated rings. The number of aromatic nitrogens is 2. The molecule has 0 saturated carbocycles. The SMILES string of the molecule is COc1ccc(Nc2c(C(=O)N3CCCC3)cnc3nc(C)ccc23)cc1. The van der Waals surface area contributed by atoms with Crippen LogP contribution in [0.25, 0.3) is 11.0 Å². The maximum absolute atomic E-state index is 13.1. The standard InChI is InChI=1S/C21H22N4O2/c1-14-5-10-17-19(24-15-6-8-16(27-2)9-7-15)18(13-22-20(17)23-14)21(26)25-11-3-4-12-25/h5-10,13H,3-4,11-12H2,1-2H3,(H,22,23,24). The Kier molecular flexibility index (Phi) is 4.62. The van der Waals surface area contributed by atoms with E-state index < -0.39 is 0 Å². The molecule has 2 aromatic heterocycles. The number of likely N-dealkylation sites (tertiary alicyclic amines) is 1. The number of methoxy groups -OCH3 is 1. The minimum atomic E-state index is 0.0125. The number of benzene rings is 1. The van der Waals surface area contributed by atoms with Crippen molar-refractivity contribution in [2.24, 2.45) is 0 Å². The summed E-state index contributed by atoms with van der Waals surface area (Å²) in [6, 6.07) is 11.5. The van der Waals surface area contributed by atoms with E-state index in [-0.39, 0.29) is 5.91 Å². The van der Waals surface area contributed by atoms with Crippen LogP contribution in [-0.4, -0.2) is 41.0 Å². The van der Waals surface area contributed by atoms with Crippen molar-refractivity contribution >= 4 is 28.3 Å². The van der Waals surface area contributed by atoms with Crippen LogP contribution in [0.1, 0.15) is 28.9 Å². The number of amides is 1. The zero-order valence-corrected chi connectivity index (χ0v) is 15.5. The van der Waals surface area contributed by atoms with Gasteiger partial charge in [0.05, 0.1) is 18.4 Å². The van der Waals surface area contributed by atoms with Gasteiger partial charge in [-0.25, -0.2) is 9.97 Å². The molecule has 1 aliphatic heterocycles. The fourth-order valence-electron chi connectivity index (χ4n) is 3.38. The highest BCUT2D eigenvalue weighted by atomic mass is 16.5. The van der Waals surface area contributed by atoms with E-state index in [1.807, 2.05) is 48.2 Å². The lowest BCUT2D eigenvalue weighted by molar-refractivity contribution is 0.0793. The fraction of sp³-hybridized carbons (Fsp3) is 0.286. The van der Waals surface area contributed by atoms with E-state index in [1.165, 1.54) is 0 Å². The number of rotatable bonds is 4. The van der Waals surface area contributed by atoms with Crippen LogP contribution in [-0.2, 0) is 0 Å². The zero-order chi connectivity index (χ0) is 18.8. The van der Waals surface area contributed by atoms with Crippen LogP contribution < -0.4 is 10.1 Å². The number of hydrogen-bond acceptors (Lipinski definition) is 5. The largest absolute Gasteiger partial charge is 0.497 e. The molecule has 1 aromatic carbocycles. The highest BCUT2D eigenvalue weighted by molar-refractivity contribution is 6.07. The number of nitrogens with zero attached hydrogens (tertiary/aromatic N) is 3. The molecule has 4 rings (SSSR count). The Morgan fingerprint density at radius 2 is 1.85 bits per heavy atom. The van der Waals surface area contributed by atoms with E-state index >= 15 is 0 Å². The van der Waals surface area contributed by atoms with Gasteiger partial charge < -0.3 is 15.0 Å². The van der Waals surface area contributed by atoms with Crippen molar-refractivity contribution in [2.45, 2.75) is 19.8 Å². The van der Waals surface area contributed by atoms with Crippen molar-refractivity contribution in [1.29, 1.82) is 0 Å². The first kappa shape index (κ1) is 17.3. The fourth-order valence-corrected chi connectivity index (χ4v) is 3.38. The molecule has 0 unspecified atom stereocenters. The molecule has 1 N–H and O–H groups in total. The first-order valence-corrected chi connectivity index (χ1v) is 9.12. The summed E-state index contributed by atoms with van der Waals surface area (Å²) in [5.41, 5.74) is 3.72.